The first-order valence-electron chi connectivity index (χ1n) is 8.22. The quantitative estimate of drug-likeness (QED) is 0.577. The van der Waals surface area contributed by atoms with Crippen molar-refractivity contribution in [1.82, 2.24) is 0 Å². The van der Waals surface area contributed by atoms with Crippen LogP contribution < -0.4 is 0 Å². The highest BCUT2D eigenvalue weighted by Crippen LogP contribution is 2.50. The number of carbonyl (C=O) groups excluding carboxylic acids is 2. The number of isocyanates is 2. The van der Waals surface area contributed by atoms with Crippen LogP contribution in [0.2, 0.25) is 0 Å². The molecule has 0 spiro atoms. The number of nitrogens with zero attached hydrogens (tertiary/aromatic N) is 2. The van der Waals surface area contributed by atoms with E-state index in [1.165, 1.54) is 32.1 Å². The van der Waals surface area contributed by atoms with Crippen LogP contribution in [0.5, 0.6) is 0 Å². The molecular weight excluding hydrogens is 264 g/mol. The Bertz CT molecular complexity index is 425. The summed E-state index contributed by atoms with van der Waals surface area (Å²) in [7, 11) is 0. The smallest absolute Gasteiger partial charge is 0.211 e. The van der Waals surface area contributed by atoms with E-state index in [1.54, 1.807) is 12.2 Å². The Balaban J connectivity index is 2.05. The Labute approximate surface area is 127 Å². The summed E-state index contributed by atoms with van der Waals surface area (Å²) >= 11 is 0. The number of hydrogen-bond donors (Lipinski definition) is 0. The van der Waals surface area contributed by atoms with E-state index in [9.17, 15) is 9.59 Å². The zero-order chi connectivity index (χ0) is 15.3. The van der Waals surface area contributed by atoms with E-state index in [4.69, 9.17) is 0 Å². The van der Waals surface area contributed by atoms with Gasteiger partial charge in [-0.2, -0.15) is 9.98 Å². The predicted octanol–water partition coefficient (Wildman–Crippen LogP) is 4.15. The van der Waals surface area contributed by atoms with Crippen LogP contribution in [0.1, 0.15) is 71.6 Å². The second-order valence-electron chi connectivity index (χ2n) is 7.32. The van der Waals surface area contributed by atoms with Crippen molar-refractivity contribution in [2.45, 2.75) is 77.3 Å². The Morgan fingerprint density at radius 3 is 1.81 bits per heavy atom. The fourth-order valence-corrected chi connectivity index (χ4v) is 4.42. The second-order valence-corrected chi connectivity index (χ2v) is 7.32. The van der Waals surface area contributed by atoms with E-state index in [-0.39, 0.29) is 0 Å². The second kappa shape index (κ2) is 6.68. The van der Waals surface area contributed by atoms with Crippen LogP contribution in [0.15, 0.2) is 9.98 Å². The van der Waals surface area contributed by atoms with E-state index in [1.807, 2.05) is 0 Å². The van der Waals surface area contributed by atoms with Crippen molar-refractivity contribution in [2.24, 2.45) is 27.2 Å². The van der Waals surface area contributed by atoms with E-state index in [0.29, 0.717) is 24.2 Å². The summed E-state index contributed by atoms with van der Waals surface area (Å²) in [6.07, 6.45) is 13.2. The molecule has 0 N–H and O–H groups in total. The Hall–Kier alpha value is -1.24. The van der Waals surface area contributed by atoms with Gasteiger partial charge in [0.25, 0.3) is 0 Å². The third kappa shape index (κ3) is 3.51. The molecule has 0 aliphatic heterocycles. The van der Waals surface area contributed by atoms with Gasteiger partial charge in [-0.25, -0.2) is 9.59 Å². The van der Waals surface area contributed by atoms with Gasteiger partial charge in [0.1, 0.15) is 0 Å². The molecule has 0 aromatic carbocycles. The highest BCUT2D eigenvalue weighted by molar-refractivity contribution is 5.39. The molecule has 0 aromatic rings. The van der Waals surface area contributed by atoms with Crippen molar-refractivity contribution in [1.29, 1.82) is 0 Å². The summed E-state index contributed by atoms with van der Waals surface area (Å²) in [5, 5.41) is 0. The van der Waals surface area contributed by atoms with Crippen LogP contribution >= 0.6 is 0 Å². The molecule has 4 nitrogen and oxygen atoms in total. The molecule has 2 aliphatic carbocycles. The number of aliphatic imine (C=N–C) groups is 2. The van der Waals surface area contributed by atoms with E-state index in [0.717, 1.165) is 18.8 Å². The van der Waals surface area contributed by atoms with Gasteiger partial charge < -0.3 is 0 Å². The van der Waals surface area contributed by atoms with Gasteiger partial charge in [-0.3, -0.25) is 0 Å². The lowest BCUT2D eigenvalue weighted by atomic mass is 9.60. The molecule has 0 saturated heterocycles. The van der Waals surface area contributed by atoms with Gasteiger partial charge in [0, 0.05) is 0 Å². The van der Waals surface area contributed by atoms with Gasteiger partial charge in [-0.1, -0.05) is 33.1 Å². The maximum absolute atomic E-state index is 10.6. The average molecular weight is 290 g/mol. The summed E-state index contributed by atoms with van der Waals surface area (Å²) < 4.78 is 0. The number of hydrogen-bond acceptors (Lipinski definition) is 4. The molecule has 0 atom stereocenters. The summed E-state index contributed by atoms with van der Waals surface area (Å²) in [5.41, 5.74) is -0.551. The molecular formula is C17H26N2O2. The van der Waals surface area contributed by atoms with E-state index in [2.05, 4.69) is 23.8 Å². The monoisotopic (exact) mass is 290 g/mol. The maximum atomic E-state index is 10.6. The fraction of sp³-hybridized carbons (Fsp3) is 0.882. The summed E-state index contributed by atoms with van der Waals surface area (Å²) in [6, 6.07) is 0. The van der Waals surface area contributed by atoms with Gasteiger partial charge in [0.15, 0.2) is 5.66 Å². The van der Waals surface area contributed by atoms with Crippen LogP contribution in [0, 0.1) is 17.3 Å². The van der Waals surface area contributed by atoms with Crippen molar-refractivity contribution in [2.75, 3.05) is 0 Å². The Morgan fingerprint density at radius 1 is 0.857 bits per heavy atom. The van der Waals surface area contributed by atoms with Gasteiger partial charge in [0.2, 0.25) is 12.2 Å². The molecule has 2 rings (SSSR count). The van der Waals surface area contributed by atoms with Gasteiger partial charge in [-0.15, -0.1) is 0 Å². The number of rotatable bonds is 4. The Kier molecular flexibility index (Phi) is 5.13. The van der Waals surface area contributed by atoms with E-state index < -0.39 is 5.66 Å². The van der Waals surface area contributed by atoms with Crippen LogP contribution in [0.25, 0.3) is 0 Å². The zero-order valence-corrected chi connectivity index (χ0v) is 13.2. The highest BCUT2D eigenvalue weighted by atomic mass is 16.1. The normalized spacial score (nSPS) is 31.0. The van der Waals surface area contributed by atoms with Crippen molar-refractivity contribution >= 4 is 12.2 Å². The first kappa shape index (κ1) is 16.1. The lowest BCUT2D eigenvalue weighted by Gasteiger charge is -2.46. The van der Waals surface area contributed by atoms with Crippen molar-refractivity contribution in [3.63, 3.8) is 0 Å². The molecule has 116 valence electrons. The molecule has 4 heteroatoms. The molecule has 21 heavy (non-hydrogen) atoms. The lowest BCUT2D eigenvalue weighted by Crippen LogP contribution is -2.40. The van der Waals surface area contributed by atoms with Crippen LogP contribution in [0.4, 0.5) is 0 Å². The molecule has 2 fully saturated rings. The van der Waals surface area contributed by atoms with Gasteiger partial charge in [0.05, 0.1) is 0 Å². The topological polar surface area (TPSA) is 58.9 Å². The first-order valence-corrected chi connectivity index (χ1v) is 8.22. The lowest BCUT2D eigenvalue weighted by molar-refractivity contribution is 0.0443. The third-order valence-electron chi connectivity index (χ3n) is 6.00. The fourth-order valence-electron chi connectivity index (χ4n) is 4.42. The summed E-state index contributed by atoms with van der Waals surface area (Å²) in [4.78, 5) is 28.8. The average Bonchev–Trinajstić information content (AvgIpc) is 2.49. The Morgan fingerprint density at radius 2 is 1.33 bits per heavy atom. The van der Waals surface area contributed by atoms with Crippen molar-refractivity contribution < 1.29 is 9.59 Å². The summed E-state index contributed by atoms with van der Waals surface area (Å²) in [6.45, 7) is 4.79. The molecule has 0 unspecified atom stereocenters. The molecule has 0 bridgehead atoms. The minimum atomic E-state index is -0.872. The first-order chi connectivity index (χ1) is 10.0. The largest absolute Gasteiger partial charge is 0.237 e. The standard InChI is InChI=1S/C17H26N2O2/c1-16(2,14-6-4-3-5-7-14)15-8-10-17(11-9-15,18-12-20)19-13-21/h14-15H,3-11H2,1-2H3. The minimum absolute atomic E-state index is 0.322. The third-order valence-corrected chi connectivity index (χ3v) is 6.00. The predicted molar refractivity (Wildman–Crippen MR) is 81.3 cm³/mol. The highest BCUT2D eigenvalue weighted by Gasteiger charge is 2.43. The summed E-state index contributed by atoms with van der Waals surface area (Å²) in [5.74, 6) is 1.42. The van der Waals surface area contributed by atoms with E-state index >= 15 is 0 Å². The van der Waals surface area contributed by atoms with Crippen LogP contribution in [-0.2, 0) is 9.59 Å². The zero-order valence-electron chi connectivity index (χ0n) is 13.2. The molecule has 0 radical (unpaired) electrons. The van der Waals surface area contributed by atoms with Gasteiger partial charge in [-0.05, 0) is 55.8 Å². The molecule has 0 amide bonds. The van der Waals surface area contributed by atoms with Crippen LogP contribution in [0.3, 0.4) is 0 Å². The molecule has 2 aliphatic rings. The maximum Gasteiger partial charge on any atom is 0.237 e. The van der Waals surface area contributed by atoms with Gasteiger partial charge >= 0.3 is 0 Å². The molecule has 0 heterocycles. The molecule has 0 aromatic heterocycles. The van der Waals surface area contributed by atoms with Crippen molar-refractivity contribution in [3.05, 3.63) is 0 Å². The van der Waals surface area contributed by atoms with Crippen molar-refractivity contribution in [3.8, 4) is 0 Å². The SMILES string of the molecule is CC(C)(C1CCCCC1)C1CCC(N=C=O)(N=C=O)CC1. The van der Waals surface area contributed by atoms with Crippen LogP contribution in [-0.4, -0.2) is 17.8 Å². The minimum Gasteiger partial charge on any atom is -0.211 e. The molecule has 2 saturated carbocycles.